The van der Waals surface area contributed by atoms with E-state index in [4.69, 9.17) is 21.1 Å². The van der Waals surface area contributed by atoms with E-state index in [0.29, 0.717) is 10.8 Å². The van der Waals surface area contributed by atoms with E-state index in [9.17, 15) is 14.4 Å². The first-order chi connectivity index (χ1) is 11.6. The molecule has 1 atom stereocenters. The fraction of sp³-hybridized carbons (Fsp3) is 0.471. The topological polar surface area (TPSA) is 93.7 Å². The summed E-state index contributed by atoms with van der Waals surface area (Å²) in [7, 11) is 0. The molecule has 2 N–H and O–H groups in total. The molecule has 1 aromatic carbocycles. The first-order valence-corrected chi connectivity index (χ1v) is 8.18. The highest BCUT2D eigenvalue weighted by molar-refractivity contribution is 6.30. The number of hydrogen-bond acceptors (Lipinski definition) is 5. The van der Waals surface area contributed by atoms with Gasteiger partial charge in [-0.25, -0.2) is 9.59 Å². The smallest absolute Gasteiger partial charge is 0.344 e. The van der Waals surface area contributed by atoms with E-state index in [1.807, 2.05) is 13.8 Å². The standard InChI is InChI=1S/C17H23ClN2O5/c1-9(2)19-17(23)20-16(22)12(5)25-14(21)8-24-15-10(3)6-13(18)7-11(15)4/h6-7,9,12H,8H2,1-5H3,(H2,19,20,22,23)/t12-/m0/s1. The average molecular weight is 371 g/mol. The molecule has 0 saturated heterocycles. The van der Waals surface area contributed by atoms with Gasteiger partial charge in [0.05, 0.1) is 0 Å². The Morgan fingerprint density at radius 3 is 2.20 bits per heavy atom. The van der Waals surface area contributed by atoms with Crippen LogP contribution in [0.3, 0.4) is 0 Å². The first kappa shape index (κ1) is 20.8. The number of aryl methyl sites for hydroxylation is 2. The number of ether oxygens (including phenoxy) is 2. The van der Waals surface area contributed by atoms with E-state index in [1.165, 1.54) is 6.92 Å². The van der Waals surface area contributed by atoms with Gasteiger partial charge in [-0.05, 0) is 57.9 Å². The number of rotatable bonds is 6. The monoisotopic (exact) mass is 370 g/mol. The molecule has 1 aromatic rings. The predicted molar refractivity (Wildman–Crippen MR) is 93.8 cm³/mol. The number of carbonyl (C=O) groups is 3. The molecule has 3 amide bonds. The van der Waals surface area contributed by atoms with Gasteiger partial charge in [0.2, 0.25) is 0 Å². The van der Waals surface area contributed by atoms with Crippen LogP contribution in [0.1, 0.15) is 31.9 Å². The van der Waals surface area contributed by atoms with Crippen molar-refractivity contribution in [2.24, 2.45) is 0 Å². The normalized spacial score (nSPS) is 11.6. The molecular weight excluding hydrogens is 348 g/mol. The van der Waals surface area contributed by atoms with Crippen molar-refractivity contribution in [2.45, 2.75) is 46.8 Å². The number of carbonyl (C=O) groups excluding carboxylic acids is 3. The highest BCUT2D eigenvalue weighted by Crippen LogP contribution is 2.26. The van der Waals surface area contributed by atoms with Gasteiger partial charge in [-0.15, -0.1) is 0 Å². The van der Waals surface area contributed by atoms with Crippen molar-refractivity contribution >= 4 is 29.5 Å². The quantitative estimate of drug-likeness (QED) is 0.750. The summed E-state index contributed by atoms with van der Waals surface area (Å²) >= 11 is 5.94. The van der Waals surface area contributed by atoms with Gasteiger partial charge in [0.1, 0.15) is 5.75 Å². The van der Waals surface area contributed by atoms with E-state index < -0.39 is 24.0 Å². The minimum absolute atomic E-state index is 0.120. The molecule has 0 aliphatic carbocycles. The molecule has 0 spiro atoms. The average Bonchev–Trinajstić information content (AvgIpc) is 2.44. The summed E-state index contributed by atoms with van der Waals surface area (Å²) in [5.74, 6) is -0.902. The maximum absolute atomic E-state index is 11.8. The Kier molecular flexibility index (Phi) is 7.70. The van der Waals surface area contributed by atoms with Crippen LogP contribution in [-0.2, 0) is 14.3 Å². The van der Waals surface area contributed by atoms with Crippen LogP contribution in [0, 0.1) is 13.8 Å². The largest absolute Gasteiger partial charge is 0.481 e. The summed E-state index contributed by atoms with van der Waals surface area (Å²) in [6.07, 6.45) is -1.12. The Balaban J connectivity index is 2.51. The minimum atomic E-state index is -1.12. The number of amides is 3. The van der Waals surface area contributed by atoms with E-state index in [-0.39, 0.29) is 12.6 Å². The van der Waals surface area contributed by atoms with Gasteiger partial charge in [0, 0.05) is 11.1 Å². The Morgan fingerprint density at radius 2 is 1.68 bits per heavy atom. The molecule has 0 heterocycles. The van der Waals surface area contributed by atoms with Crippen molar-refractivity contribution in [3.8, 4) is 5.75 Å². The second-order valence-corrected chi connectivity index (χ2v) is 6.34. The lowest BCUT2D eigenvalue weighted by Crippen LogP contribution is -2.46. The number of benzene rings is 1. The van der Waals surface area contributed by atoms with Crippen molar-refractivity contribution in [1.29, 1.82) is 0 Å². The molecule has 0 aliphatic rings. The zero-order chi connectivity index (χ0) is 19.1. The molecule has 25 heavy (non-hydrogen) atoms. The van der Waals surface area contributed by atoms with E-state index in [1.54, 1.807) is 26.0 Å². The fourth-order valence-corrected chi connectivity index (χ4v) is 2.38. The fourth-order valence-electron chi connectivity index (χ4n) is 2.05. The van der Waals surface area contributed by atoms with Gasteiger partial charge in [-0.2, -0.15) is 0 Å². The SMILES string of the molecule is Cc1cc(Cl)cc(C)c1OCC(=O)O[C@@H](C)C(=O)NC(=O)NC(C)C. The van der Waals surface area contributed by atoms with Crippen LogP contribution >= 0.6 is 11.6 Å². The van der Waals surface area contributed by atoms with Gasteiger partial charge >= 0.3 is 12.0 Å². The summed E-state index contributed by atoms with van der Waals surface area (Å²) in [5.41, 5.74) is 1.57. The summed E-state index contributed by atoms with van der Waals surface area (Å²) < 4.78 is 10.4. The van der Waals surface area contributed by atoms with Crippen molar-refractivity contribution in [3.05, 3.63) is 28.3 Å². The number of nitrogens with one attached hydrogen (secondary N) is 2. The number of imide groups is 1. The molecule has 0 aliphatic heterocycles. The molecule has 7 nitrogen and oxygen atoms in total. The molecule has 0 saturated carbocycles. The van der Waals surface area contributed by atoms with E-state index >= 15 is 0 Å². The molecule has 0 radical (unpaired) electrons. The van der Waals surface area contributed by atoms with Crippen molar-refractivity contribution < 1.29 is 23.9 Å². The molecule has 0 fully saturated rings. The number of halogens is 1. The lowest BCUT2D eigenvalue weighted by atomic mass is 10.1. The summed E-state index contributed by atoms with van der Waals surface area (Å²) in [6, 6.07) is 2.67. The van der Waals surface area contributed by atoms with Crippen LogP contribution in [0.4, 0.5) is 4.79 Å². The molecule has 8 heteroatoms. The molecule has 0 aromatic heterocycles. The summed E-state index contributed by atoms with van der Waals surface area (Å²) in [4.78, 5) is 35.1. The lowest BCUT2D eigenvalue weighted by Gasteiger charge is -2.16. The predicted octanol–water partition coefficient (Wildman–Crippen LogP) is 2.50. The van der Waals surface area contributed by atoms with E-state index in [2.05, 4.69) is 10.6 Å². The van der Waals surface area contributed by atoms with Gasteiger partial charge in [0.25, 0.3) is 5.91 Å². The third-order valence-corrected chi connectivity index (χ3v) is 3.31. The third kappa shape index (κ3) is 7.01. The highest BCUT2D eigenvalue weighted by Gasteiger charge is 2.20. The Morgan fingerprint density at radius 1 is 1.12 bits per heavy atom. The summed E-state index contributed by atoms with van der Waals surface area (Å²) in [6.45, 7) is 8.14. The van der Waals surface area contributed by atoms with Gasteiger partial charge in [0.15, 0.2) is 12.7 Å². The zero-order valence-corrected chi connectivity index (χ0v) is 15.7. The van der Waals surface area contributed by atoms with Crippen molar-refractivity contribution in [2.75, 3.05) is 6.61 Å². The zero-order valence-electron chi connectivity index (χ0n) is 14.9. The maximum Gasteiger partial charge on any atom is 0.344 e. The Bertz CT molecular complexity index is 637. The number of esters is 1. The Labute approximate surface area is 152 Å². The van der Waals surface area contributed by atoms with Crippen LogP contribution in [0.5, 0.6) is 5.75 Å². The number of hydrogen-bond donors (Lipinski definition) is 2. The van der Waals surface area contributed by atoms with Crippen molar-refractivity contribution in [1.82, 2.24) is 10.6 Å². The van der Waals surface area contributed by atoms with Gasteiger partial charge in [-0.1, -0.05) is 11.6 Å². The maximum atomic E-state index is 11.8. The van der Waals surface area contributed by atoms with Crippen LogP contribution < -0.4 is 15.4 Å². The molecule has 1 rings (SSSR count). The van der Waals surface area contributed by atoms with Crippen LogP contribution in [0.25, 0.3) is 0 Å². The first-order valence-electron chi connectivity index (χ1n) is 7.80. The molecular formula is C17H23ClN2O5. The van der Waals surface area contributed by atoms with Crippen LogP contribution in [0.2, 0.25) is 5.02 Å². The molecule has 138 valence electrons. The third-order valence-electron chi connectivity index (χ3n) is 3.09. The minimum Gasteiger partial charge on any atom is -0.481 e. The van der Waals surface area contributed by atoms with E-state index in [0.717, 1.165) is 11.1 Å². The lowest BCUT2D eigenvalue weighted by molar-refractivity contribution is -0.156. The summed E-state index contributed by atoms with van der Waals surface area (Å²) in [5, 5.41) is 5.17. The second kappa shape index (κ2) is 9.27. The Hall–Kier alpha value is -2.28. The molecule has 0 bridgehead atoms. The van der Waals surface area contributed by atoms with Gasteiger partial charge in [-0.3, -0.25) is 10.1 Å². The van der Waals surface area contributed by atoms with Crippen LogP contribution in [-0.4, -0.2) is 36.7 Å². The van der Waals surface area contributed by atoms with Crippen LogP contribution in [0.15, 0.2) is 12.1 Å². The van der Waals surface area contributed by atoms with Gasteiger partial charge < -0.3 is 14.8 Å². The second-order valence-electron chi connectivity index (χ2n) is 5.91. The highest BCUT2D eigenvalue weighted by atomic mass is 35.5. The van der Waals surface area contributed by atoms with Crippen molar-refractivity contribution in [3.63, 3.8) is 0 Å². The number of urea groups is 1. The molecule has 0 unspecified atom stereocenters.